The molecule has 0 saturated carbocycles. The lowest BCUT2D eigenvalue weighted by atomic mass is 9.89. The average Bonchev–Trinajstić information content (AvgIpc) is 2.99. The van der Waals surface area contributed by atoms with Gasteiger partial charge in [-0.15, -0.1) is 0 Å². The molecule has 2 heterocycles. The molecule has 0 spiro atoms. The van der Waals surface area contributed by atoms with E-state index in [0.717, 1.165) is 19.4 Å². The molecular weight excluding hydrogens is 256 g/mol. The van der Waals surface area contributed by atoms with E-state index in [0.29, 0.717) is 12.0 Å². The predicted octanol–water partition coefficient (Wildman–Crippen LogP) is 2.28. The Morgan fingerprint density at radius 3 is 3.11 bits per heavy atom. The Morgan fingerprint density at radius 1 is 1.42 bits per heavy atom. The lowest BCUT2D eigenvalue weighted by Crippen LogP contribution is -2.42. The van der Waals surface area contributed by atoms with E-state index in [2.05, 4.69) is 29.7 Å². The van der Waals surface area contributed by atoms with Crippen LogP contribution in [0.3, 0.4) is 0 Å². The van der Waals surface area contributed by atoms with Gasteiger partial charge in [0.1, 0.15) is 0 Å². The monoisotopic (exact) mass is 278 g/mol. The number of hydrogen-bond acceptors (Lipinski definition) is 4. The van der Waals surface area contributed by atoms with E-state index < -0.39 is 0 Å². The minimum Gasteiger partial charge on any atom is -0.373 e. The van der Waals surface area contributed by atoms with E-state index in [1.807, 2.05) is 11.8 Å². The normalized spacial score (nSPS) is 28.1. The predicted molar refractivity (Wildman–Crippen MR) is 80.0 cm³/mol. The molecule has 0 aliphatic carbocycles. The second-order valence-electron chi connectivity index (χ2n) is 5.44. The number of hydrogen-bond donors (Lipinski definition) is 2. The smallest absolute Gasteiger partial charge is 0.0843 e. The highest BCUT2D eigenvalue weighted by Crippen LogP contribution is 2.34. The second-order valence-corrected chi connectivity index (χ2v) is 6.59. The molecule has 0 aromatic heterocycles. The van der Waals surface area contributed by atoms with Gasteiger partial charge in [-0.05, 0) is 47.8 Å². The molecule has 19 heavy (non-hydrogen) atoms. The van der Waals surface area contributed by atoms with Crippen LogP contribution in [0, 0.1) is 5.92 Å². The molecule has 0 bridgehead atoms. The lowest BCUT2D eigenvalue weighted by molar-refractivity contribution is 0.0254. The first-order chi connectivity index (χ1) is 9.38. The van der Waals surface area contributed by atoms with Crippen LogP contribution in [0.5, 0.6) is 0 Å². The fraction of sp³-hybridized carbons (Fsp3) is 0.600. The molecule has 0 radical (unpaired) electrons. The van der Waals surface area contributed by atoms with Crippen LogP contribution < -0.4 is 11.3 Å². The van der Waals surface area contributed by atoms with Crippen molar-refractivity contribution in [2.45, 2.75) is 31.4 Å². The van der Waals surface area contributed by atoms with Crippen molar-refractivity contribution in [3.63, 3.8) is 0 Å². The van der Waals surface area contributed by atoms with Gasteiger partial charge < -0.3 is 4.74 Å². The summed E-state index contributed by atoms with van der Waals surface area (Å²) >= 11 is 2.04. The van der Waals surface area contributed by atoms with Gasteiger partial charge in [0.2, 0.25) is 0 Å². The molecule has 2 aliphatic rings. The van der Waals surface area contributed by atoms with Gasteiger partial charge in [0.15, 0.2) is 0 Å². The lowest BCUT2D eigenvalue weighted by Gasteiger charge is -2.31. The molecular formula is C15H22N2OS. The Hall–Kier alpha value is -0.550. The highest BCUT2D eigenvalue weighted by molar-refractivity contribution is 7.99. The van der Waals surface area contributed by atoms with Crippen LogP contribution in [0.2, 0.25) is 0 Å². The Kier molecular flexibility index (Phi) is 4.43. The first-order valence-corrected chi connectivity index (χ1v) is 8.27. The van der Waals surface area contributed by atoms with Crippen LogP contribution in [-0.4, -0.2) is 24.2 Å². The van der Waals surface area contributed by atoms with E-state index in [-0.39, 0.29) is 6.10 Å². The molecule has 3 N–H and O–H groups in total. The summed E-state index contributed by atoms with van der Waals surface area (Å²) in [6.07, 6.45) is 3.50. The van der Waals surface area contributed by atoms with Crippen LogP contribution in [-0.2, 0) is 11.2 Å². The zero-order chi connectivity index (χ0) is 13.1. The van der Waals surface area contributed by atoms with Crippen molar-refractivity contribution in [3.8, 4) is 0 Å². The van der Waals surface area contributed by atoms with E-state index in [9.17, 15) is 0 Å². The van der Waals surface area contributed by atoms with Crippen molar-refractivity contribution in [2.24, 2.45) is 11.8 Å². The van der Waals surface area contributed by atoms with Gasteiger partial charge in [-0.25, -0.2) is 0 Å². The number of thioether (sulfide) groups is 1. The maximum absolute atomic E-state index is 5.99. The van der Waals surface area contributed by atoms with Crippen molar-refractivity contribution in [1.29, 1.82) is 0 Å². The number of nitrogens with one attached hydrogen (secondary N) is 1. The van der Waals surface area contributed by atoms with Gasteiger partial charge in [-0.2, -0.15) is 11.8 Å². The fourth-order valence-electron chi connectivity index (χ4n) is 3.17. The van der Waals surface area contributed by atoms with Gasteiger partial charge in [0.25, 0.3) is 0 Å². The summed E-state index contributed by atoms with van der Waals surface area (Å²) in [5.74, 6) is 8.96. The summed E-state index contributed by atoms with van der Waals surface area (Å²) in [5.41, 5.74) is 5.83. The number of hydrazine groups is 1. The minimum absolute atomic E-state index is 0.205. The average molecular weight is 278 g/mol. The van der Waals surface area contributed by atoms with Crippen molar-refractivity contribution >= 4 is 11.8 Å². The number of fused-ring (bicyclic) bond motifs is 1. The molecule has 3 nitrogen and oxygen atoms in total. The Bertz CT molecular complexity index is 420. The zero-order valence-electron chi connectivity index (χ0n) is 11.2. The maximum Gasteiger partial charge on any atom is 0.0843 e. The molecule has 4 heteroatoms. The molecule has 3 atom stereocenters. The van der Waals surface area contributed by atoms with Crippen LogP contribution >= 0.6 is 11.8 Å². The molecule has 2 aliphatic heterocycles. The molecule has 3 rings (SSSR count). The first-order valence-electron chi connectivity index (χ1n) is 7.11. The minimum atomic E-state index is 0.205. The summed E-state index contributed by atoms with van der Waals surface area (Å²) in [7, 11) is 0. The van der Waals surface area contributed by atoms with E-state index >= 15 is 0 Å². The third kappa shape index (κ3) is 2.97. The summed E-state index contributed by atoms with van der Waals surface area (Å²) < 4.78 is 5.99. The highest BCUT2D eigenvalue weighted by Gasteiger charge is 2.29. The van der Waals surface area contributed by atoms with Crippen LogP contribution in [0.1, 0.15) is 30.1 Å². The van der Waals surface area contributed by atoms with Gasteiger partial charge in [0, 0.05) is 6.04 Å². The zero-order valence-corrected chi connectivity index (χ0v) is 12.0. The van der Waals surface area contributed by atoms with Crippen LogP contribution in [0.4, 0.5) is 0 Å². The third-order valence-corrected chi connectivity index (χ3v) is 5.50. The van der Waals surface area contributed by atoms with E-state index in [1.165, 1.54) is 29.1 Å². The summed E-state index contributed by atoms with van der Waals surface area (Å²) in [6, 6.07) is 9.02. The van der Waals surface area contributed by atoms with Gasteiger partial charge in [-0.3, -0.25) is 11.3 Å². The summed E-state index contributed by atoms with van der Waals surface area (Å²) in [6.45, 7) is 0.832. The molecule has 0 amide bonds. The number of ether oxygens (including phenoxy) is 1. The number of rotatable bonds is 4. The van der Waals surface area contributed by atoms with Crippen molar-refractivity contribution < 1.29 is 4.74 Å². The molecule has 1 aromatic carbocycles. The molecule has 1 aromatic rings. The number of benzene rings is 1. The molecule has 1 saturated heterocycles. The SMILES string of the molecule is NNC(CC1OCCc2ccccc21)C1CCSC1. The first kappa shape index (κ1) is 13.4. The summed E-state index contributed by atoms with van der Waals surface area (Å²) in [4.78, 5) is 0. The standard InChI is InChI=1S/C15H22N2OS/c16-17-14(12-6-8-19-10-12)9-15-13-4-2-1-3-11(13)5-7-18-15/h1-4,12,14-15,17H,5-10,16H2. The molecule has 3 unspecified atom stereocenters. The molecule has 104 valence electrons. The highest BCUT2D eigenvalue weighted by atomic mass is 32.2. The summed E-state index contributed by atoms with van der Waals surface area (Å²) in [5, 5.41) is 0. The van der Waals surface area contributed by atoms with Gasteiger partial charge >= 0.3 is 0 Å². The van der Waals surface area contributed by atoms with Crippen LogP contribution in [0.25, 0.3) is 0 Å². The third-order valence-electron chi connectivity index (χ3n) is 4.31. The van der Waals surface area contributed by atoms with Crippen molar-refractivity contribution in [3.05, 3.63) is 35.4 Å². The number of nitrogens with two attached hydrogens (primary N) is 1. The second kappa shape index (κ2) is 6.27. The van der Waals surface area contributed by atoms with Gasteiger partial charge in [0.05, 0.1) is 12.7 Å². The Labute approximate surface area is 119 Å². The quantitative estimate of drug-likeness (QED) is 0.655. The van der Waals surface area contributed by atoms with Crippen molar-refractivity contribution in [1.82, 2.24) is 5.43 Å². The van der Waals surface area contributed by atoms with Gasteiger partial charge in [-0.1, -0.05) is 24.3 Å². The topological polar surface area (TPSA) is 47.3 Å². The fourth-order valence-corrected chi connectivity index (χ4v) is 4.51. The molecule has 1 fully saturated rings. The van der Waals surface area contributed by atoms with E-state index in [1.54, 1.807) is 0 Å². The largest absolute Gasteiger partial charge is 0.373 e. The Balaban J connectivity index is 1.72. The van der Waals surface area contributed by atoms with E-state index in [4.69, 9.17) is 10.6 Å². The van der Waals surface area contributed by atoms with Crippen LogP contribution in [0.15, 0.2) is 24.3 Å². The Morgan fingerprint density at radius 2 is 2.32 bits per heavy atom. The maximum atomic E-state index is 5.99. The van der Waals surface area contributed by atoms with Crippen molar-refractivity contribution in [2.75, 3.05) is 18.1 Å².